The Kier molecular flexibility index (Phi) is 4.11. The van der Waals surface area contributed by atoms with Crippen LogP contribution in [0.25, 0.3) is 0 Å². The lowest BCUT2D eigenvalue weighted by Crippen LogP contribution is -2.02. The van der Waals surface area contributed by atoms with Crippen molar-refractivity contribution in [1.82, 2.24) is 19.9 Å². The first kappa shape index (κ1) is 12.1. The molecule has 2 aromatic heterocycles. The molecule has 0 aliphatic rings. The Bertz CT molecular complexity index is 493. The fourth-order valence-electron chi connectivity index (χ4n) is 1.09. The highest BCUT2D eigenvalue weighted by Gasteiger charge is 2.08. The standard InChI is InChI=1S/C10H10ClN5S/c1-2-12-9-15-6-7(11)8(16-9)17-10-13-4-3-5-14-10/h3-6H,2H2,1H3,(H,12,15,16). The summed E-state index contributed by atoms with van der Waals surface area (Å²) in [6, 6.07) is 1.76. The molecule has 88 valence electrons. The highest BCUT2D eigenvalue weighted by molar-refractivity contribution is 7.99. The molecule has 0 saturated carbocycles. The van der Waals surface area contributed by atoms with E-state index in [1.165, 1.54) is 11.8 Å². The van der Waals surface area contributed by atoms with Gasteiger partial charge in [0.15, 0.2) is 5.16 Å². The quantitative estimate of drug-likeness (QED) is 0.678. The van der Waals surface area contributed by atoms with Gasteiger partial charge in [0.1, 0.15) is 5.03 Å². The predicted molar refractivity (Wildman–Crippen MR) is 67.4 cm³/mol. The Morgan fingerprint density at radius 1 is 1.29 bits per heavy atom. The van der Waals surface area contributed by atoms with Crippen LogP contribution in [0.4, 0.5) is 5.95 Å². The summed E-state index contributed by atoms with van der Waals surface area (Å²) in [6.07, 6.45) is 4.92. The van der Waals surface area contributed by atoms with Crippen molar-refractivity contribution in [2.45, 2.75) is 17.1 Å². The lowest BCUT2D eigenvalue weighted by Gasteiger charge is -2.05. The molecule has 7 heteroatoms. The largest absolute Gasteiger partial charge is 0.354 e. The molecule has 17 heavy (non-hydrogen) atoms. The molecule has 0 atom stereocenters. The monoisotopic (exact) mass is 267 g/mol. The summed E-state index contributed by atoms with van der Waals surface area (Å²) in [5, 5.41) is 4.77. The molecule has 0 saturated heterocycles. The van der Waals surface area contributed by atoms with E-state index >= 15 is 0 Å². The van der Waals surface area contributed by atoms with Gasteiger partial charge in [0.25, 0.3) is 0 Å². The minimum Gasteiger partial charge on any atom is -0.354 e. The van der Waals surface area contributed by atoms with Gasteiger partial charge in [-0.25, -0.2) is 19.9 Å². The number of hydrogen-bond acceptors (Lipinski definition) is 6. The second kappa shape index (κ2) is 5.79. The van der Waals surface area contributed by atoms with Crippen molar-refractivity contribution in [2.75, 3.05) is 11.9 Å². The van der Waals surface area contributed by atoms with Crippen LogP contribution in [0.1, 0.15) is 6.92 Å². The van der Waals surface area contributed by atoms with Crippen LogP contribution in [0.3, 0.4) is 0 Å². The summed E-state index contributed by atoms with van der Waals surface area (Å²) in [6.45, 7) is 2.73. The number of hydrogen-bond donors (Lipinski definition) is 1. The van der Waals surface area contributed by atoms with Crippen LogP contribution in [0.2, 0.25) is 5.02 Å². The number of halogens is 1. The van der Waals surface area contributed by atoms with Crippen LogP contribution >= 0.6 is 23.4 Å². The van der Waals surface area contributed by atoms with Crippen molar-refractivity contribution >= 4 is 29.3 Å². The van der Waals surface area contributed by atoms with Crippen molar-refractivity contribution in [3.8, 4) is 0 Å². The van der Waals surface area contributed by atoms with Crippen molar-refractivity contribution in [2.24, 2.45) is 0 Å². The van der Waals surface area contributed by atoms with Gasteiger partial charge in [-0.15, -0.1) is 0 Å². The van der Waals surface area contributed by atoms with E-state index in [0.29, 0.717) is 21.2 Å². The maximum Gasteiger partial charge on any atom is 0.223 e. The highest BCUT2D eigenvalue weighted by Crippen LogP contribution is 2.29. The normalized spacial score (nSPS) is 10.2. The molecule has 0 bridgehead atoms. The Labute approximate surface area is 108 Å². The Morgan fingerprint density at radius 3 is 2.76 bits per heavy atom. The van der Waals surface area contributed by atoms with Gasteiger partial charge < -0.3 is 5.32 Å². The molecule has 0 unspecified atom stereocenters. The van der Waals surface area contributed by atoms with E-state index in [-0.39, 0.29) is 0 Å². The molecule has 0 fully saturated rings. The summed E-state index contributed by atoms with van der Waals surface area (Å²) < 4.78 is 0. The van der Waals surface area contributed by atoms with Gasteiger partial charge in [0.05, 0.1) is 11.2 Å². The fraction of sp³-hybridized carbons (Fsp3) is 0.200. The van der Waals surface area contributed by atoms with Gasteiger partial charge in [-0.1, -0.05) is 11.6 Å². The molecule has 0 aliphatic heterocycles. The predicted octanol–water partition coefficient (Wildman–Crippen LogP) is 2.50. The van der Waals surface area contributed by atoms with Crippen molar-refractivity contribution in [3.63, 3.8) is 0 Å². The molecule has 0 amide bonds. The first-order valence-corrected chi connectivity index (χ1v) is 6.20. The molecule has 1 N–H and O–H groups in total. The number of nitrogens with zero attached hydrogens (tertiary/aromatic N) is 4. The topological polar surface area (TPSA) is 63.6 Å². The maximum absolute atomic E-state index is 6.02. The lowest BCUT2D eigenvalue weighted by atomic mass is 10.6. The third-order valence-electron chi connectivity index (χ3n) is 1.78. The van der Waals surface area contributed by atoms with Crippen molar-refractivity contribution < 1.29 is 0 Å². The van der Waals surface area contributed by atoms with E-state index in [9.17, 15) is 0 Å². The van der Waals surface area contributed by atoms with E-state index in [1.54, 1.807) is 24.7 Å². The van der Waals surface area contributed by atoms with Gasteiger partial charge in [0.2, 0.25) is 5.95 Å². The second-order valence-corrected chi connectivity index (χ2v) is 4.37. The van der Waals surface area contributed by atoms with Crippen LogP contribution in [-0.4, -0.2) is 26.5 Å². The van der Waals surface area contributed by atoms with Crippen LogP contribution in [0, 0.1) is 0 Å². The van der Waals surface area contributed by atoms with Gasteiger partial charge in [0, 0.05) is 18.9 Å². The van der Waals surface area contributed by atoms with Crippen LogP contribution < -0.4 is 5.32 Å². The third-order valence-corrected chi connectivity index (χ3v) is 3.06. The van der Waals surface area contributed by atoms with Gasteiger partial charge >= 0.3 is 0 Å². The highest BCUT2D eigenvalue weighted by atomic mass is 35.5. The van der Waals surface area contributed by atoms with E-state index < -0.39 is 0 Å². The third kappa shape index (κ3) is 3.28. The average molecular weight is 268 g/mol. The second-order valence-electron chi connectivity index (χ2n) is 3.01. The number of nitrogens with one attached hydrogen (secondary N) is 1. The molecule has 0 aliphatic carbocycles. The number of aromatic nitrogens is 4. The van der Waals surface area contributed by atoms with Gasteiger partial charge in [-0.05, 0) is 24.8 Å². The zero-order valence-electron chi connectivity index (χ0n) is 9.09. The van der Waals surface area contributed by atoms with Gasteiger partial charge in [-0.2, -0.15) is 0 Å². The first-order valence-electron chi connectivity index (χ1n) is 5.01. The molecule has 0 aromatic carbocycles. The number of rotatable bonds is 4. The van der Waals surface area contributed by atoms with Crippen LogP contribution in [-0.2, 0) is 0 Å². The number of anilines is 1. The lowest BCUT2D eigenvalue weighted by molar-refractivity contribution is 0.953. The van der Waals surface area contributed by atoms with E-state index in [1.807, 2.05) is 6.92 Å². The summed E-state index contributed by atoms with van der Waals surface area (Å²) in [5.41, 5.74) is 0. The molecule has 2 rings (SSSR count). The molecule has 0 radical (unpaired) electrons. The SMILES string of the molecule is CCNc1ncc(Cl)c(Sc2ncccn2)n1. The fourth-order valence-corrected chi connectivity index (χ4v) is 1.98. The zero-order valence-corrected chi connectivity index (χ0v) is 10.7. The minimum absolute atomic E-state index is 0.490. The van der Waals surface area contributed by atoms with Crippen LogP contribution in [0.5, 0.6) is 0 Å². The first-order chi connectivity index (χ1) is 8.29. The van der Waals surface area contributed by atoms with Crippen molar-refractivity contribution in [3.05, 3.63) is 29.7 Å². The molecule has 5 nitrogen and oxygen atoms in total. The summed E-state index contributed by atoms with van der Waals surface area (Å²) >= 11 is 7.33. The minimum atomic E-state index is 0.490. The van der Waals surface area contributed by atoms with Crippen LogP contribution in [0.15, 0.2) is 34.8 Å². The molecule has 0 spiro atoms. The van der Waals surface area contributed by atoms with Gasteiger partial charge in [-0.3, -0.25) is 0 Å². The molecular formula is C10H10ClN5S. The summed E-state index contributed by atoms with van der Waals surface area (Å²) in [7, 11) is 0. The Balaban J connectivity index is 2.22. The summed E-state index contributed by atoms with van der Waals surface area (Å²) in [4.78, 5) is 16.6. The zero-order chi connectivity index (χ0) is 12.1. The molecular weight excluding hydrogens is 258 g/mol. The van der Waals surface area contributed by atoms with Crippen molar-refractivity contribution in [1.29, 1.82) is 0 Å². The Hall–Kier alpha value is -1.40. The van der Waals surface area contributed by atoms with E-state index in [2.05, 4.69) is 25.3 Å². The Morgan fingerprint density at radius 2 is 2.06 bits per heavy atom. The average Bonchev–Trinajstić information content (AvgIpc) is 2.35. The van der Waals surface area contributed by atoms with E-state index in [4.69, 9.17) is 11.6 Å². The molecule has 2 aromatic rings. The molecule has 2 heterocycles. The van der Waals surface area contributed by atoms with E-state index in [0.717, 1.165) is 6.54 Å². The summed E-state index contributed by atoms with van der Waals surface area (Å²) in [5.74, 6) is 0.551. The smallest absolute Gasteiger partial charge is 0.223 e. The maximum atomic E-state index is 6.02.